The highest BCUT2D eigenvalue weighted by Crippen LogP contribution is 2.51. The van der Waals surface area contributed by atoms with Crippen molar-refractivity contribution in [1.82, 2.24) is 5.32 Å². The standard InChI is InChI=1S/C15H29N/c1-5-8-16-14(15(2,3)4)13-10-11-6-7-12(13)9-11/h11-14,16H,5-10H2,1-4H3. The van der Waals surface area contributed by atoms with Crippen LogP contribution in [0.25, 0.3) is 0 Å². The second-order valence-corrected chi connectivity index (χ2v) is 7.14. The summed E-state index contributed by atoms with van der Waals surface area (Å²) in [5, 5.41) is 3.84. The van der Waals surface area contributed by atoms with Crippen molar-refractivity contribution in [3.8, 4) is 0 Å². The second kappa shape index (κ2) is 4.68. The fourth-order valence-electron chi connectivity index (χ4n) is 4.10. The normalized spacial score (nSPS) is 35.6. The van der Waals surface area contributed by atoms with Gasteiger partial charge in [-0.15, -0.1) is 0 Å². The molecule has 0 aromatic heterocycles. The Balaban J connectivity index is 2.01. The van der Waals surface area contributed by atoms with Gasteiger partial charge in [0.05, 0.1) is 0 Å². The summed E-state index contributed by atoms with van der Waals surface area (Å²) in [5.74, 6) is 3.08. The second-order valence-electron chi connectivity index (χ2n) is 7.14. The third kappa shape index (κ3) is 2.45. The van der Waals surface area contributed by atoms with Gasteiger partial charge < -0.3 is 5.32 Å². The van der Waals surface area contributed by atoms with Gasteiger partial charge in [0.15, 0.2) is 0 Å². The minimum atomic E-state index is 0.421. The van der Waals surface area contributed by atoms with Crippen molar-refractivity contribution in [1.29, 1.82) is 0 Å². The monoisotopic (exact) mass is 223 g/mol. The summed E-state index contributed by atoms with van der Waals surface area (Å²) < 4.78 is 0. The Morgan fingerprint density at radius 2 is 1.94 bits per heavy atom. The summed E-state index contributed by atoms with van der Waals surface area (Å²) in [7, 11) is 0. The maximum atomic E-state index is 3.84. The van der Waals surface area contributed by atoms with Gasteiger partial charge in [-0.1, -0.05) is 34.1 Å². The van der Waals surface area contributed by atoms with E-state index in [4.69, 9.17) is 0 Å². The molecule has 1 heteroatoms. The van der Waals surface area contributed by atoms with Crippen LogP contribution in [0.3, 0.4) is 0 Å². The highest BCUT2D eigenvalue weighted by atomic mass is 14.9. The van der Waals surface area contributed by atoms with Crippen molar-refractivity contribution in [2.75, 3.05) is 6.54 Å². The zero-order valence-electron chi connectivity index (χ0n) is 11.6. The van der Waals surface area contributed by atoms with E-state index in [0.29, 0.717) is 5.41 Å². The van der Waals surface area contributed by atoms with Crippen LogP contribution in [0, 0.1) is 23.2 Å². The van der Waals surface area contributed by atoms with E-state index in [-0.39, 0.29) is 0 Å². The van der Waals surface area contributed by atoms with Gasteiger partial charge in [-0.3, -0.25) is 0 Å². The number of nitrogens with one attached hydrogen (secondary N) is 1. The molecule has 2 fully saturated rings. The van der Waals surface area contributed by atoms with Crippen LogP contribution in [0.4, 0.5) is 0 Å². The molecule has 0 amide bonds. The van der Waals surface area contributed by atoms with E-state index in [2.05, 4.69) is 33.0 Å². The SMILES string of the molecule is CCCNC(C1CC2CCC1C2)C(C)(C)C. The lowest BCUT2D eigenvalue weighted by atomic mass is 9.72. The summed E-state index contributed by atoms with van der Waals surface area (Å²) in [6, 6.07) is 0.739. The van der Waals surface area contributed by atoms with Gasteiger partial charge in [0.25, 0.3) is 0 Å². The van der Waals surface area contributed by atoms with Crippen molar-refractivity contribution in [3.05, 3.63) is 0 Å². The molecule has 0 saturated heterocycles. The van der Waals surface area contributed by atoms with Crippen LogP contribution in [-0.4, -0.2) is 12.6 Å². The van der Waals surface area contributed by atoms with Crippen molar-refractivity contribution in [3.63, 3.8) is 0 Å². The summed E-state index contributed by atoms with van der Waals surface area (Å²) in [6.45, 7) is 10.7. The van der Waals surface area contributed by atoms with Crippen LogP contribution in [0.15, 0.2) is 0 Å². The molecular formula is C15H29N. The first-order valence-corrected chi connectivity index (χ1v) is 7.25. The molecule has 2 saturated carbocycles. The highest BCUT2D eigenvalue weighted by Gasteiger charge is 2.45. The topological polar surface area (TPSA) is 12.0 Å². The molecule has 4 unspecified atom stereocenters. The van der Waals surface area contributed by atoms with Gasteiger partial charge in [0, 0.05) is 6.04 Å². The average Bonchev–Trinajstić information content (AvgIpc) is 2.77. The van der Waals surface area contributed by atoms with Gasteiger partial charge in [-0.05, 0) is 55.4 Å². The first-order valence-electron chi connectivity index (χ1n) is 7.25. The Bertz CT molecular complexity index is 228. The Hall–Kier alpha value is -0.0400. The molecule has 0 spiro atoms. The summed E-state index contributed by atoms with van der Waals surface area (Å²) >= 11 is 0. The van der Waals surface area contributed by atoms with E-state index in [0.717, 1.165) is 23.8 Å². The molecule has 94 valence electrons. The quantitative estimate of drug-likeness (QED) is 0.763. The lowest BCUT2D eigenvalue weighted by molar-refractivity contribution is 0.145. The van der Waals surface area contributed by atoms with Crippen LogP contribution in [-0.2, 0) is 0 Å². The first-order chi connectivity index (χ1) is 7.52. The third-order valence-electron chi connectivity index (χ3n) is 4.77. The van der Waals surface area contributed by atoms with E-state index in [1.165, 1.54) is 38.6 Å². The molecule has 2 bridgehead atoms. The van der Waals surface area contributed by atoms with Crippen LogP contribution >= 0.6 is 0 Å². The fraction of sp³-hybridized carbons (Fsp3) is 1.00. The predicted octanol–water partition coefficient (Wildman–Crippen LogP) is 3.84. The van der Waals surface area contributed by atoms with E-state index >= 15 is 0 Å². The molecule has 4 atom stereocenters. The van der Waals surface area contributed by atoms with Gasteiger partial charge in [-0.2, -0.15) is 0 Å². The van der Waals surface area contributed by atoms with Crippen LogP contribution in [0.1, 0.15) is 59.8 Å². The molecule has 1 nitrogen and oxygen atoms in total. The number of fused-ring (bicyclic) bond motifs is 2. The lowest BCUT2D eigenvalue weighted by Gasteiger charge is -2.40. The van der Waals surface area contributed by atoms with E-state index in [1.807, 2.05) is 0 Å². The largest absolute Gasteiger partial charge is 0.313 e. The molecular weight excluding hydrogens is 194 g/mol. The smallest absolute Gasteiger partial charge is 0.0147 e. The Morgan fingerprint density at radius 1 is 1.19 bits per heavy atom. The summed E-state index contributed by atoms with van der Waals surface area (Å²) in [4.78, 5) is 0. The van der Waals surface area contributed by atoms with E-state index in [1.54, 1.807) is 0 Å². The Kier molecular flexibility index (Phi) is 3.63. The molecule has 1 N–H and O–H groups in total. The Labute approximate surface area is 101 Å². The Morgan fingerprint density at radius 3 is 2.38 bits per heavy atom. The highest BCUT2D eigenvalue weighted by molar-refractivity contribution is 4.98. The van der Waals surface area contributed by atoms with Crippen molar-refractivity contribution in [2.45, 2.75) is 65.8 Å². The number of rotatable bonds is 4. The zero-order chi connectivity index (χ0) is 11.8. The minimum absolute atomic E-state index is 0.421. The van der Waals surface area contributed by atoms with Gasteiger partial charge in [0.1, 0.15) is 0 Å². The molecule has 2 aliphatic carbocycles. The molecule has 0 heterocycles. The first kappa shape index (κ1) is 12.4. The van der Waals surface area contributed by atoms with Gasteiger partial charge in [-0.25, -0.2) is 0 Å². The molecule has 2 aliphatic rings. The van der Waals surface area contributed by atoms with E-state index < -0.39 is 0 Å². The van der Waals surface area contributed by atoms with Gasteiger partial charge in [0.2, 0.25) is 0 Å². The molecule has 2 rings (SSSR count). The van der Waals surface area contributed by atoms with Crippen molar-refractivity contribution >= 4 is 0 Å². The third-order valence-corrected chi connectivity index (χ3v) is 4.77. The molecule has 0 aromatic carbocycles. The van der Waals surface area contributed by atoms with Crippen LogP contribution in [0.5, 0.6) is 0 Å². The average molecular weight is 223 g/mol. The molecule has 16 heavy (non-hydrogen) atoms. The lowest BCUT2D eigenvalue weighted by Crippen LogP contribution is -2.47. The maximum Gasteiger partial charge on any atom is 0.0147 e. The fourth-order valence-corrected chi connectivity index (χ4v) is 4.10. The van der Waals surface area contributed by atoms with E-state index in [9.17, 15) is 0 Å². The summed E-state index contributed by atoms with van der Waals surface area (Å²) in [5.41, 5.74) is 0.421. The summed E-state index contributed by atoms with van der Waals surface area (Å²) in [6.07, 6.45) is 7.32. The minimum Gasteiger partial charge on any atom is -0.313 e. The molecule has 0 radical (unpaired) electrons. The molecule has 0 aliphatic heterocycles. The van der Waals surface area contributed by atoms with Crippen LogP contribution < -0.4 is 5.32 Å². The molecule has 0 aromatic rings. The zero-order valence-corrected chi connectivity index (χ0v) is 11.6. The van der Waals surface area contributed by atoms with Crippen LogP contribution in [0.2, 0.25) is 0 Å². The van der Waals surface area contributed by atoms with Crippen molar-refractivity contribution < 1.29 is 0 Å². The number of hydrogen-bond acceptors (Lipinski definition) is 1. The van der Waals surface area contributed by atoms with Crippen molar-refractivity contribution in [2.24, 2.45) is 23.2 Å². The number of hydrogen-bond donors (Lipinski definition) is 1. The predicted molar refractivity (Wildman–Crippen MR) is 70.5 cm³/mol. The maximum absolute atomic E-state index is 3.84. The van der Waals surface area contributed by atoms with Gasteiger partial charge >= 0.3 is 0 Å².